The fourth-order valence-corrected chi connectivity index (χ4v) is 5.10. The summed E-state index contributed by atoms with van der Waals surface area (Å²) in [6.45, 7) is 1.01. The number of sulfonamides is 1. The van der Waals surface area contributed by atoms with Crippen molar-refractivity contribution in [2.24, 2.45) is 0 Å². The van der Waals surface area contributed by atoms with Crippen LogP contribution >= 0.6 is 11.3 Å². The van der Waals surface area contributed by atoms with E-state index in [0.717, 1.165) is 0 Å². The fourth-order valence-electron chi connectivity index (χ4n) is 2.90. The number of thiazole rings is 1. The van der Waals surface area contributed by atoms with Crippen LogP contribution in [0, 0.1) is 0 Å². The van der Waals surface area contributed by atoms with Crippen molar-refractivity contribution >= 4 is 32.3 Å². The minimum Gasteiger partial charge on any atom is -0.456 e. The fraction of sp³-hybridized carbons (Fsp3) is 0.278. The third-order valence-electron chi connectivity index (χ3n) is 4.38. The first-order valence-corrected chi connectivity index (χ1v) is 11.1. The predicted octanol–water partition coefficient (Wildman–Crippen LogP) is 1.13. The molecular weight excluding hydrogens is 418 g/mol. The average Bonchev–Trinajstić information content (AvgIpc) is 3.22. The van der Waals surface area contributed by atoms with Gasteiger partial charge in [-0.05, 0) is 18.2 Å². The quantitative estimate of drug-likeness (QED) is 0.553. The molecule has 0 saturated carbocycles. The highest BCUT2D eigenvalue weighted by Gasteiger charge is 2.27. The van der Waals surface area contributed by atoms with Gasteiger partial charge in [0.15, 0.2) is 4.96 Å². The van der Waals surface area contributed by atoms with Crippen LogP contribution in [-0.4, -0.2) is 54.4 Å². The number of carbonyl (C=O) groups is 1. The molecule has 0 bridgehead atoms. The Morgan fingerprint density at radius 3 is 2.83 bits per heavy atom. The van der Waals surface area contributed by atoms with Gasteiger partial charge in [0.25, 0.3) is 5.56 Å². The van der Waals surface area contributed by atoms with Crippen LogP contribution in [0.5, 0.6) is 0 Å². The van der Waals surface area contributed by atoms with Crippen molar-refractivity contribution in [3.8, 4) is 0 Å². The van der Waals surface area contributed by atoms with Crippen molar-refractivity contribution in [3.63, 3.8) is 0 Å². The molecule has 1 aromatic carbocycles. The molecule has 0 spiro atoms. The lowest BCUT2D eigenvalue weighted by Crippen LogP contribution is -2.40. The molecule has 3 aromatic rings. The van der Waals surface area contributed by atoms with Gasteiger partial charge in [0.2, 0.25) is 10.0 Å². The van der Waals surface area contributed by atoms with Gasteiger partial charge >= 0.3 is 5.97 Å². The summed E-state index contributed by atoms with van der Waals surface area (Å²) in [5, 5.41) is 1.74. The summed E-state index contributed by atoms with van der Waals surface area (Å²) >= 11 is 1.30. The van der Waals surface area contributed by atoms with E-state index in [1.54, 1.807) is 11.6 Å². The molecule has 29 heavy (non-hydrogen) atoms. The second-order valence-electron chi connectivity index (χ2n) is 6.26. The van der Waals surface area contributed by atoms with E-state index in [2.05, 4.69) is 4.98 Å². The minimum atomic E-state index is -3.72. The summed E-state index contributed by atoms with van der Waals surface area (Å²) in [5.74, 6) is -0.697. The number of aromatic nitrogens is 2. The van der Waals surface area contributed by atoms with Crippen LogP contribution in [0.3, 0.4) is 0 Å². The van der Waals surface area contributed by atoms with E-state index in [1.807, 2.05) is 0 Å². The molecule has 2 aromatic heterocycles. The van der Waals surface area contributed by atoms with E-state index >= 15 is 0 Å². The Kier molecular flexibility index (Phi) is 5.46. The standard InChI is InChI=1S/C18H17N3O6S2/c22-16-11-14(19-18-21(16)6-9-28-18)12-27-17(23)13-2-1-3-15(10-13)29(24,25)20-4-7-26-8-5-20/h1-3,6,9-11H,4-5,7-8,12H2. The molecule has 0 N–H and O–H groups in total. The first-order valence-electron chi connectivity index (χ1n) is 8.76. The van der Waals surface area contributed by atoms with Crippen LogP contribution in [0.15, 0.2) is 51.6 Å². The number of nitrogens with zero attached hydrogens (tertiary/aromatic N) is 3. The van der Waals surface area contributed by atoms with Gasteiger partial charge in [-0.1, -0.05) is 6.07 Å². The third kappa shape index (κ3) is 4.08. The smallest absolute Gasteiger partial charge is 0.338 e. The van der Waals surface area contributed by atoms with E-state index in [-0.39, 0.29) is 35.7 Å². The first-order chi connectivity index (χ1) is 13.9. The monoisotopic (exact) mass is 435 g/mol. The maximum absolute atomic E-state index is 12.8. The van der Waals surface area contributed by atoms with Crippen molar-refractivity contribution in [2.75, 3.05) is 26.3 Å². The number of hydrogen-bond acceptors (Lipinski definition) is 8. The van der Waals surface area contributed by atoms with E-state index in [0.29, 0.717) is 23.9 Å². The maximum atomic E-state index is 12.8. The second kappa shape index (κ2) is 8.03. The SMILES string of the molecule is O=C(OCc1cc(=O)n2ccsc2n1)c1cccc(S(=O)(=O)N2CCOCC2)c1. The van der Waals surface area contributed by atoms with Gasteiger partial charge in [-0.25, -0.2) is 18.2 Å². The zero-order valence-corrected chi connectivity index (χ0v) is 16.8. The van der Waals surface area contributed by atoms with E-state index in [9.17, 15) is 18.0 Å². The summed E-state index contributed by atoms with van der Waals surface area (Å²) in [4.78, 5) is 29.2. The van der Waals surface area contributed by atoms with Crippen molar-refractivity contribution in [2.45, 2.75) is 11.5 Å². The topological polar surface area (TPSA) is 107 Å². The average molecular weight is 435 g/mol. The Bertz CT molecular complexity index is 1210. The lowest BCUT2D eigenvalue weighted by molar-refractivity contribution is 0.0467. The van der Waals surface area contributed by atoms with Crippen molar-refractivity contribution in [3.05, 3.63) is 63.5 Å². The molecule has 1 saturated heterocycles. The molecule has 0 atom stereocenters. The molecule has 3 heterocycles. The van der Waals surface area contributed by atoms with Crippen LogP contribution in [0.4, 0.5) is 0 Å². The highest BCUT2D eigenvalue weighted by Crippen LogP contribution is 2.19. The van der Waals surface area contributed by atoms with Crippen molar-refractivity contribution < 1.29 is 22.7 Å². The molecule has 152 valence electrons. The van der Waals surface area contributed by atoms with Gasteiger partial charge in [-0.15, -0.1) is 11.3 Å². The molecule has 0 radical (unpaired) electrons. The molecule has 1 aliphatic rings. The number of benzene rings is 1. The Morgan fingerprint density at radius 1 is 1.24 bits per heavy atom. The molecule has 1 fully saturated rings. The zero-order chi connectivity index (χ0) is 20.4. The highest BCUT2D eigenvalue weighted by molar-refractivity contribution is 7.89. The Balaban J connectivity index is 1.50. The summed E-state index contributed by atoms with van der Waals surface area (Å²) in [6, 6.07) is 7.00. The van der Waals surface area contributed by atoms with E-state index in [1.165, 1.54) is 50.4 Å². The van der Waals surface area contributed by atoms with Gasteiger partial charge in [0.05, 0.1) is 29.4 Å². The third-order valence-corrected chi connectivity index (χ3v) is 7.04. The van der Waals surface area contributed by atoms with Crippen LogP contribution in [0.1, 0.15) is 16.1 Å². The number of fused-ring (bicyclic) bond motifs is 1. The number of rotatable bonds is 5. The largest absolute Gasteiger partial charge is 0.456 e. The Hall–Kier alpha value is -2.60. The molecule has 0 amide bonds. The predicted molar refractivity (Wildman–Crippen MR) is 104 cm³/mol. The van der Waals surface area contributed by atoms with Gasteiger partial charge in [-0.3, -0.25) is 9.20 Å². The van der Waals surface area contributed by atoms with Gasteiger partial charge in [0.1, 0.15) is 6.61 Å². The lowest BCUT2D eigenvalue weighted by atomic mass is 10.2. The van der Waals surface area contributed by atoms with Crippen LogP contribution in [0.25, 0.3) is 4.96 Å². The molecule has 1 aliphatic heterocycles. The Labute approximate surface area is 170 Å². The molecule has 4 rings (SSSR count). The van der Waals surface area contributed by atoms with Gasteiger partial charge in [0, 0.05) is 30.7 Å². The summed E-state index contributed by atoms with van der Waals surface area (Å²) < 4.78 is 38.6. The van der Waals surface area contributed by atoms with Crippen molar-refractivity contribution in [1.82, 2.24) is 13.7 Å². The van der Waals surface area contributed by atoms with Crippen LogP contribution < -0.4 is 5.56 Å². The first kappa shape index (κ1) is 19.7. The summed E-state index contributed by atoms with van der Waals surface area (Å²) in [5.41, 5.74) is 0.164. The molecule has 9 nitrogen and oxygen atoms in total. The zero-order valence-electron chi connectivity index (χ0n) is 15.2. The highest BCUT2D eigenvalue weighted by atomic mass is 32.2. The van der Waals surface area contributed by atoms with E-state index in [4.69, 9.17) is 9.47 Å². The van der Waals surface area contributed by atoms with E-state index < -0.39 is 16.0 Å². The number of morpholine rings is 1. The summed E-state index contributed by atoms with van der Waals surface area (Å²) in [6.07, 6.45) is 1.62. The minimum absolute atomic E-state index is 0.0187. The molecular formula is C18H17N3O6S2. The number of esters is 1. The Morgan fingerprint density at radius 2 is 2.03 bits per heavy atom. The molecule has 0 aliphatic carbocycles. The van der Waals surface area contributed by atoms with Crippen LogP contribution in [-0.2, 0) is 26.1 Å². The molecule has 11 heteroatoms. The number of hydrogen-bond donors (Lipinski definition) is 0. The van der Waals surface area contributed by atoms with Crippen molar-refractivity contribution in [1.29, 1.82) is 0 Å². The normalized spacial score (nSPS) is 15.4. The number of ether oxygens (including phenoxy) is 2. The van der Waals surface area contributed by atoms with Gasteiger partial charge in [-0.2, -0.15) is 4.31 Å². The lowest BCUT2D eigenvalue weighted by Gasteiger charge is -2.26. The maximum Gasteiger partial charge on any atom is 0.338 e. The number of carbonyl (C=O) groups excluding carboxylic acids is 1. The second-order valence-corrected chi connectivity index (χ2v) is 9.07. The van der Waals surface area contributed by atoms with Gasteiger partial charge < -0.3 is 9.47 Å². The molecule has 0 unspecified atom stereocenters. The van der Waals surface area contributed by atoms with Crippen LogP contribution in [0.2, 0.25) is 0 Å². The summed E-state index contributed by atoms with van der Waals surface area (Å²) in [7, 11) is -3.72.